The van der Waals surface area contributed by atoms with Crippen LogP contribution < -0.4 is 5.32 Å². The largest absolute Gasteiger partial charge is 0.457 e. The fraction of sp³-hybridized carbons (Fsp3) is 0. The molecule has 2 aromatic carbocycles. The van der Waals surface area contributed by atoms with Crippen molar-refractivity contribution in [3.63, 3.8) is 0 Å². The zero-order valence-electron chi connectivity index (χ0n) is 15.4. The molecule has 1 N–H and O–H groups in total. The minimum absolute atomic E-state index is 0.210. The number of nitrogens with zero attached hydrogens (tertiary/aromatic N) is 3. The molecule has 0 fully saturated rings. The van der Waals surface area contributed by atoms with E-state index in [1.54, 1.807) is 54.6 Å². The SMILES string of the molecule is N#CC(=Cc1ccc(-c2ccccc2F)o1)c1nnc(NC(=O)c2ccccc2)s1. The van der Waals surface area contributed by atoms with E-state index in [-0.39, 0.29) is 16.6 Å². The molecular weight excluding hydrogens is 403 g/mol. The molecule has 4 aromatic rings. The molecule has 0 radical (unpaired) electrons. The molecule has 2 aromatic heterocycles. The first-order chi connectivity index (χ1) is 14.6. The maximum Gasteiger partial charge on any atom is 0.257 e. The van der Waals surface area contributed by atoms with Crippen LogP contribution in [0.25, 0.3) is 23.0 Å². The predicted octanol–water partition coefficient (Wildman–Crippen LogP) is 5.25. The van der Waals surface area contributed by atoms with Crippen molar-refractivity contribution in [2.45, 2.75) is 0 Å². The lowest BCUT2D eigenvalue weighted by atomic mass is 10.1. The van der Waals surface area contributed by atoms with Crippen LogP contribution in [0.15, 0.2) is 71.1 Å². The van der Waals surface area contributed by atoms with Crippen molar-refractivity contribution in [3.8, 4) is 17.4 Å². The summed E-state index contributed by atoms with van der Waals surface area (Å²) in [6, 6.07) is 20.3. The van der Waals surface area contributed by atoms with E-state index in [4.69, 9.17) is 4.42 Å². The lowest BCUT2D eigenvalue weighted by Crippen LogP contribution is -2.11. The summed E-state index contributed by atoms with van der Waals surface area (Å²) < 4.78 is 19.6. The highest BCUT2D eigenvalue weighted by Gasteiger charge is 2.14. The third-order valence-electron chi connectivity index (χ3n) is 4.08. The average Bonchev–Trinajstić information content (AvgIpc) is 3.42. The third kappa shape index (κ3) is 4.16. The first-order valence-corrected chi connectivity index (χ1v) is 9.62. The van der Waals surface area contributed by atoms with Gasteiger partial charge in [-0.05, 0) is 36.4 Å². The van der Waals surface area contributed by atoms with Crippen LogP contribution in [0.3, 0.4) is 0 Å². The number of aromatic nitrogens is 2. The molecule has 6 nitrogen and oxygen atoms in total. The summed E-state index contributed by atoms with van der Waals surface area (Å²) >= 11 is 1.07. The summed E-state index contributed by atoms with van der Waals surface area (Å²) in [6.07, 6.45) is 1.49. The second-order valence-electron chi connectivity index (χ2n) is 6.08. The summed E-state index contributed by atoms with van der Waals surface area (Å²) in [5.41, 5.74) is 1.03. The summed E-state index contributed by atoms with van der Waals surface area (Å²) in [6.45, 7) is 0. The Balaban J connectivity index is 1.54. The van der Waals surface area contributed by atoms with Gasteiger partial charge >= 0.3 is 0 Å². The lowest BCUT2D eigenvalue weighted by molar-refractivity contribution is 0.102. The van der Waals surface area contributed by atoms with E-state index in [0.717, 1.165) is 11.3 Å². The molecule has 0 aliphatic heterocycles. The number of hydrogen-bond donors (Lipinski definition) is 1. The van der Waals surface area contributed by atoms with Gasteiger partial charge in [-0.1, -0.05) is 41.7 Å². The number of hydrogen-bond acceptors (Lipinski definition) is 6. The van der Waals surface area contributed by atoms with Gasteiger partial charge in [0.25, 0.3) is 5.91 Å². The first-order valence-electron chi connectivity index (χ1n) is 8.81. The van der Waals surface area contributed by atoms with Crippen LogP contribution in [0, 0.1) is 17.1 Å². The fourth-order valence-corrected chi connectivity index (χ4v) is 3.37. The third-order valence-corrected chi connectivity index (χ3v) is 4.96. The number of allylic oxidation sites excluding steroid dienone is 1. The highest BCUT2D eigenvalue weighted by atomic mass is 32.1. The molecule has 1 amide bonds. The number of anilines is 1. The summed E-state index contributed by atoms with van der Waals surface area (Å²) in [5.74, 6) is 0.00625. The van der Waals surface area contributed by atoms with Crippen molar-refractivity contribution in [3.05, 3.63) is 88.9 Å². The highest BCUT2D eigenvalue weighted by molar-refractivity contribution is 7.16. The van der Waals surface area contributed by atoms with E-state index in [0.29, 0.717) is 27.7 Å². The monoisotopic (exact) mass is 416 g/mol. The van der Waals surface area contributed by atoms with Gasteiger partial charge in [-0.15, -0.1) is 10.2 Å². The molecule has 0 saturated heterocycles. The molecule has 0 saturated carbocycles. The molecule has 0 spiro atoms. The average molecular weight is 416 g/mol. The fourth-order valence-electron chi connectivity index (χ4n) is 2.66. The molecule has 146 valence electrons. The van der Waals surface area contributed by atoms with Gasteiger partial charge in [-0.3, -0.25) is 10.1 Å². The van der Waals surface area contributed by atoms with Gasteiger partial charge in [0.15, 0.2) is 5.01 Å². The quantitative estimate of drug-likeness (QED) is 0.449. The van der Waals surface area contributed by atoms with Crippen LogP contribution in [0.5, 0.6) is 0 Å². The topological polar surface area (TPSA) is 91.8 Å². The van der Waals surface area contributed by atoms with E-state index in [1.165, 1.54) is 12.1 Å². The van der Waals surface area contributed by atoms with Crippen molar-refractivity contribution in [2.24, 2.45) is 0 Å². The van der Waals surface area contributed by atoms with Crippen LogP contribution >= 0.6 is 11.3 Å². The van der Waals surface area contributed by atoms with Gasteiger partial charge in [0.2, 0.25) is 5.13 Å². The van der Waals surface area contributed by atoms with Crippen molar-refractivity contribution in [1.29, 1.82) is 5.26 Å². The molecule has 0 aliphatic carbocycles. The van der Waals surface area contributed by atoms with E-state index >= 15 is 0 Å². The van der Waals surface area contributed by atoms with Crippen molar-refractivity contribution in [1.82, 2.24) is 10.2 Å². The van der Waals surface area contributed by atoms with Crippen LogP contribution in [-0.4, -0.2) is 16.1 Å². The standard InChI is InChI=1S/C22H13FN4O2S/c23-18-9-5-4-8-17(18)19-11-10-16(29-19)12-15(13-24)21-26-27-22(30-21)25-20(28)14-6-2-1-3-7-14/h1-12H,(H,25,27,28). The molecule has 0 unspecified atom stereocenters. The normalized spacial score (nSPS) is 11.1. The molecule has 8 heteroatoms. The Labute approximate surface area is 174 Å². The molecular formula is C22H13FN4O2S. The summed E-state index contributed by atoms with van der Waals surface area (Å²) in [4.78, 5) is 12.2. The summed E-state index contributed by atoms with van der Waals surface area (Å²) in [7, 11) is 0. The Hall–Kier alpha value is -4.09. The number of carbonyl (C=O) groups is 1. The van der Waals surface area contributed by atoms with E-state index in [2.05, 4.69) is 15.5 Å². The summed E-state index contributed by atoms with van der Waals surface area (Å²) in [5, 5.41) is 20.7. The Morgan fingerprint density at radius 3 is 2.60 bits per heavy atom. The van der Waals surface area contributed by atoms with Crippen LogP contribution in [-0.2, 0) is 0 Å². The van der Waals surface area contributed by atoms with Gasteiger partial charge in [0.05, 0.1) is 11.1 Å². The molecule has 30 heavy (non-hydrogen) atoms. The van der Waals surface area contributed by atoms with Crippen molar-refractivity contribution < 1.29 is 13.6 Å². The first kappa shape index (κ1) is 19.2. The number of rotatable bonds is 5. The number of nitrogens with one attached hydrogen (secondary N) is 1. The minimum Gasteiger partial charge on any atom is -0.457 e. The van der Waals surface area contributed by atoms with Crippen LogP contribution in [0.1, 0.15) is 21.1 Å². The van der Waals surface area contributed by atoms with Crippen LogP contribution in [0.2, 0.25) is 0 Å². The van der Waals surface area contributed by atoms with Gasteiger partial charge in [0, 0.05) is 11.6 Å². The van der Waals surface area contributed by atoms with Gasteiger partial charge in [-0.2, -0.15) is 5.26 Å². The Morgan fingerprint density at radius 1 is 1.07 bits per heavy atom. The second kappa shape index (κ2) is 8.51. The number of halogens is 1. The Morgan fingerprint density at radius 2 is 1.83 bits per heavy atom. The van der Waals surface area contributed by atoms with E-state index < -0.39 is 5.82 Å². The number of benzene rings is 2. The zero-order valence-corrected chi connectivity index (χ0v) is 16.2. The Bertz CT molecular complexity index is 1270. The predicted molar refractivity (Wildman–Crippen MR) is 112 cm³/mol. The molecule has 2 heterocycles. The highest BCUT2D eigenvalue weighted by Crippen LogP contribution is 2.28. The van der Waals surface area contributed by atoms with Gasteiger partial charge in [-0.25, -0.2) is 4.39 Å². The number of carbonyl (C=O) groups excluding carboxylic acids is 1. The van der Waals surface area contributed by atoms with Crippen molar-refractivity contribution in [2.75, 3.05) is 5.32 Å². The minimum atomic E-state index is -0.397. The molecule has 0 atom stereocenters. The lowest BCUT2D eigenvalue weighted by Gasteiger charge is -1.99. The van der Waals surface area contributed by atoms with E-state index in [1.807, 2.05) is 12.1 Å². The van der Waals surface area contributed by atoms with Crippen LogP contribution in [0.4, 0.5) is 9.52 Å². The van der Waals surface area contributed by atoms with Gasteiger partial charge < -0.3 is 4.42 Å². The zero-order chi connectivity index (χ0) is 20.9. The maximum absolute atomic E-state index is 13.9. The number of furan rings is 1. The second-order valence-corrected chi connectivity index (χ2v) is 7.06. The maximum atomic E-state index is 13.9. The van der Waals surface area contributed by atoms with E-state index in [9.17, 15) is 14.4 Å². The Kier molecular flexibility index (Phi) is 5.46. The van der Waals surface area contributed by atoms with Crippen molar-refractivity contribution >= 4 is 34.0 Å². The van der Waals surface area contributed by atoms with Gasteiger partial charge in [0.1, 0.15) is 23.4 Å². The molecule has 4 rings (SSSR count). The smallest absolute Gasteiger partial charge is 0.257 e. The number of amides is 1. The molecule has 0 bridgehead atoms. The number of nitriles is 1. The molecule has 0 aliphatic rings.